The topological polar surface area (TPSA) is 95.2 Å². The number of nitrogens with one attached hydrogen (secondary N) is 2. The summed E-state index contributed by atoms with van der Waals surface area (Å²) in [6.07, 6.45) is 5.28. The molecule has 1 unspecified atom stereocenters. The van der Waals surface area contributed by atoms with E-state index >= 15 is 0 Å². The standard InChI is InChI=1S/C26H30N4O3/c31-23(19-9-2-1-3-10-19)14-8-15-24(32)30-18-7-6-11-20(30)16-17-27-25-21-12-4-5-13-22(21)26(33)29-28-25/h1-5,9-10,12-13,20H,6-8,11,14-18H2,(H,27,28)(H,29,33). The van der Waals surface area contributed by atoms with Gasteiger partial charge in [-0.15, -0.1) is 0 Å². The number of ketones is 1. The summed E-state index contributed by atoms with van der Waals surface area (Å²) >= 11 is 0. The molecule has 7 heteroatoms. The first-order valence-electron chi connectivity index (χ1n) is 11.7. The molecule has 0 saturated carbocycles. The smallest absolute Gasteiger partial charge is 0.272 e. The third-order valence-electron chi connectivity index (χ3n) is 6.30. The monoisotopic (exact) mass is 446 g/mol. The highest BCUT2D eigenvalue weighted by molar-refractivity contribution is 5.96. The minimum absolute atomic E-state index is 0.0865. The zero-order valence-corrected chi connectivity index (χ0v) is 18.8. The van der Waals surface area contributed by atoms with Crippen LogP contribution in [-0.4, -0.2) is 45.9 Å². The fourth-order valence-electron chi connectivity index (χ4n) is 4.55. The third-order valence-corrected chi connectivity index (χ3v) is 6.30. The SMILES string of the molecule is O=C(CCCC(=O)N1CCCCC1CCNc1n[nH]c(=O)c2ccccc12)c1ccccc1. The van der Waals surface area contributed by atoms with Crippen LogP contribution >= 0.6 is 0 Å². The lowest BCUT2D eigenvalue weighted by molar-refractivity contribution is -0.135. The number of H-pyrrole nitrogens is 1. The summed E-state index contributed by atoms with van der Waals surface area (Å²) in [5, 5.41) is 11.4. The Morgan fingerprint density at radius 1 is 1.00 bits per heavy atom. The van der Waals surface area contributed by atoms with E-state index in [2.05, 4.69) is 15.5 Å². The molecule has 3 aromatic rings. The molecule has 2 aromatic carbocycles. The molecular weight excluding hydrogens is 416 g/mol. The van der Waals surface area contributed by atoms with E-state index in [0.29, 0.717) is 42.6 Å². The van der Waals surface area contributed by atoms with E-state index in [0.717, 1.165) is 37.6 Å². The van der Waals surface area contributed by atoms with Crippen molar-refractivity contribution in [2.45, 2.75) is 51.0 Å². The number of hydrogen-bond acceptors (Lipinski definition) is 5. The van der Waals surface area contributed by atoms with E-state index in [1.165, 1.54) is 0 Å². The van der Waals surface area contributed by atoms with Crippen LogP contribution in [0.1, 0.15) is 55.3 Å². The van der Waals surface area contributed by atoms with Gasteiger partial charge in [-0.2, -0.15) is 5.10 Å². The largest absolute Gasteiger partial charge is 0.368 e. The predicted octanol–water partition coefficient (Wildman–Crippen LogP) is 4.16. The van der Waals surface area contributed by atoms with Crippen LogP contribution in [0.3, 0.4) is 0 Å². The van der Waals surface area contributed by atoms with Gasteiger partial charge in [0.15, 0.2) is 11.6 Å². The quantitative estimate of drug-likeness (QED) is 0.481. The van der Waals surface area contributed by atoms with Crippen molar-refractivity contribution in [1.82, 2.24) is 15.1 Å². The molecule has 33 heavy (non-hydrogen) atoms. The maximum atomic E-state index is 12.9. The molecule has 2 N–H and O–H groups in total. The van der Waals surface area contributed by atoms with Gasteiger partial charge in [0.25, 0.3) is 5.56 Å². The molecule has 2 heterocycles. The Morgan fingerprint density at radius 2 is 1.76 bits per heavy atom. The molecule has 1 atom stereocenters. The van der Waals surface area contributed by atoms with Crippen LogP contribution in [-0.2, 0) is 4.79 Å². The van der Waals surface area contributed by atoms with Crippen LogP contribution in [0.5, 0.6) is 0 Å². The molecule has 1 aromatic heterocycles. The van der Waals surface area contributed by atoms with Gasteiger partial charge in [0.2, 0.25) is 5.91 Å². The highest BCUT2D eigenvalue weighted by Crippen LogP contribution is 2.22. The summed E-state index contributed by atoms with van der Waals surface area (Å²) in [6, 6.07) is 16.8. The van der Waals surface area contributed by atoms with Gasteiger partial charge in [0.1, 0.15) is 0 Å². The molecule has 0 radical (unpaired) electrons. The van der Waals surface area contributed by atoms with Gasteiger partial charge in [-0.3, -0.25) is 14.4 Å². The average molecular weight is 447 g/mol. The number of carbonyl (C=O) groups is 2. The highest BCUT2D eigenvalue weighted by Gasteiger charge is 2.26. The Kier molecular flexibility index (Phi) is 7.50. The zero-order chi connectivity index (χ0) is 23.0. The van der Waals surface area contributed by atoms with Crippen molar-refractivity contribution in [1.29, 1.82) is 0 Å². The van der Waals surface area contributed by atoms with Crippen molar-refractivity contribution in [3.8, 4) is 0 Å². The van der Waals surface area contributed by atoms with E-state index in [1.807, 2.05) is 53.4 Å². The molecule has 0 spiro atoms. The Labute approximate surface area is 193 Å². The minimum atomic E-state index is -0.203. The van der Waals surface area contributed by atoms with Gasteiger partial charge in [0.05, 0.1) is 5.39 Å². The Balaban J connectivity index is 1.29. The number of benzene rings is 2. The second kappa shape index (κ2) is 10.9. The first kappa shape index (κ1) is 22.7. The summed E-state index contributed by atoms with van der Waals surface area (Å²) < 4.78 is 0. The van der Waals surface area contributed by atoms with Gasteiger partial charge in [-0.25, -0.2) is 5.10 Å². The molecule has 1 saturated heterocycles. The first-order chi connectivity index (χ1) is 16.1. The van der Waals surface area contributed by atoms with Gasteiger partial charge < -0.3 is 10.2 Å². The lowest BCUT2D eigenvalue weighted by Gasteiger charge is -2.36. The summed E-state index contributed by atoms with van der Waals surface area (Å²) in [6.45, 7) is 1.43. The maximum absolute atomic E-state index is 12.9. The Hall–Kier alpha value is -3.48. The molecule has 1 aliphatic rings. The van der Waals surface area contributed by atoms with E-state index in [9.17, 15) is 14.4 Å². The molecule has 1 aliphatic heterocycles. The van der Waals surface area contributed by atoms with Crippen molar-refractivity contribution in [2.24, 2.45) is 0 Å². The van der Waals surface area contributed by atoms with E-state index in [1.54, 1.807) is 6.07 Å². The number of anilines is 1. The summed E-state index contributed by atoms with van der Waals surface area (Å²) in [5.74, 6) is 0.870. The molecule has 0 aliphatic carbocycles. The van der Waals surface area contributed by atoms with Gasteiger partial charge in [0, 0.05) is 42.9 Å². The molecule has 1 amide bonds. The number of amides is 1. The van der Waals surface area contributed by atoms with Crippen LogP contribution in [0.15, 0.2) is 59.4 Å². The number of likely N-dealkylation sites (tertiary alicyclic amines) is 1. The number of aromatic nitrogens is 2. The van der Waals surface area contributed by atoms with Crippen LogP contribution in [0.25, 0.3) is 10.8 Å². The minimum Gasteiger partial charge on any atom is -0.368 e. The normalized spacial score (nSPS) is 16.0. The highest BCUT2D eigenvalue weighted by atomic mass is 16.2. The van der Waals surface area contributed by atoms with Crippen molar-refractivity contribution in [2.75, 3.05) is 18.4 Å². The molecule has 1 fully saturated rings. The van der Waals surface area contributed by atoms with E-state index in [4.69, 9.17) is 0 Å². The van der Waals surface area contributed by atoms with Gasteiger partial charge in [-0.05, 0) is 38.2 Å². The van der Waals surface area contributed by atoms with Crippen molar-refractivity contribution in [3.63, 3.8) is 0 Å². The molecule has 7 nitrogen and oxygen atoms in total. The zero-order valence-electron chi connectivity index (χ0n) is 18.8. The lowest BCUT2D eigenvalue weighted by atomic mass is 9.98. The number of carbonyl (C=O) groups excluding carboxylic acids is 2. The number of hydrogen-bond donors (Lipinski definition) is 2. The van der Waals surface area contributed by atoms with Crippen LogP contribution in [0, 0.1) is 0 Å². The molecule has 0 bridgehead atoms. The predicted molar refractivity (Wildman–Crippen MR) is 129 cm³/mol. The number of aromatic amines is 1. The van der Waals surface area contributed by atoms with E-state index < -0.39 is 0 Å². The number of Topliss-reactive ketones (excluding diaryl/α,β-unsaturated/α-hetero) is 1. The number of piperidine rings is 1. The van der Waals surface area contributed by atoms with E-state index in [-0.39, 0.29) is 23.3 Å². The van der Waals surface area contributed by atoms with Gasteiger partial charge in [-0.1, -0.05) is 48.5 Å². The van der Waals surface area contributed by atoms with Gasteiger partial charge >= 0.3 is 0 Å². The van der Waals surface area contributed by atoms with Crippen LogP contribution < -0.4 is 10.9 Å². The molecule has 172 valence electrons. The van der Waals surface area contributed by atoms with Crippen molar-refractivity contribution < 1.29 is 9.59 Å². The van der Waals surface area contributed by atoms with Crippen molar-refractivity contribution in [3.05, 3.63) is 70.5 Å². The lowest BCUT2D eigenvalue weighted by Crippen LogP contribution is -2.44. The fraction of sp³-hybridized carbons (Fsp3) is 0.385. The van der Waals surface area contributed by atoms with Crippen molar-refractivity contribution >= 4 is 28.3 Å². The summed E-state index contributed by atoms with van der Waals surface area (Å²) in [7, 11) is 0. The summed E-state index contributed by atoms with van der Waals surface area (Å²) in [4.78, 5) is 39.2. The molecule has 4 rings (SSSR count). The fourth-order valence-corrected chi connectivity index (χ4v) is 4.55. The second-order valence-electron chi connectivity index (χ2n) is 8.54. The third kappa shape index (κ3) is 5.66. The average Bonchev–Trinajstić information content (AvgIpc) is 2.86. The second-order valence-corrected chi connectivity index (χ2v) is 8.54. The molecular formula is C26H30N4O3. The Bertz CT molecular complexity index is 1160. The van der Waals surface area contributed by atoms with Crippen LogP contribution in [0.4, 0.5) is 5.82 Å². The summed E-state index contributed by atoms with van der Waals surface area (Å²) in [5.41, 5.74) is 0.501. The number of rotatable bonds is 9. The Morgan fingerprint density at radius 3 is 2.58 bits per heavy atom. The first-order valence-corrected chi connectivity index (χ1v) is 11.7. The van der Waals surface area contributed by atoms with Crippen LogP contribution in [0.2, 0.25) is 0 Å². The number of nitrogens with zero attached hydrogens (tertiary/aromatic N) is 2. The maximum Gasteiger partial charge on any atom is 0.272 e. The number of fused-ring (bicyclic) bond motifs is 1.